The number of hydroxylamine groups is 1. The highest BCUT2D eigenvalue weighted by Crippen LogP contribution is 2.24. The Labute approximate surface area is 110 Å². The quantitative estimate of drug-likeness (QED) is 0.623. The highest BCUT2D eigenvalue weighted by atomic mass is 16.5. The van der Waals surface area contributed by atoms with E-state index in [1.165, 1.54) is 4.90 Å². The van der Waals surface area contributed by atoms with Gasteiger partial charge in [0.15, 0.2) is 0 Å². The second-order valence-corrected chi connectivity index (χ2v) is 4.46. The maximum Gasteiger partial charge on any atom is 0.266 e. The van der Waals surface area contributed by atoms with Gasteiger partial charge in [-0.05, 0) is 31.0 Å². The number of likely N-dealkylation sites (tertiary alicyclic amines) is 1. The van der Waals surface area contributed by atoms with Crippen LogP contribution in [0.15, 0.2) is 18.2 Å². The number of aryl methyl sites for hydroxylation is 1. The van der Waals surface area contributed by atoms with Gasteiger partial charge in [-0.1, -0.05) is 6.07 Å². The molecule has 102 valence electrons. The van der Waals surface area contributed by atoms with Gasteiger partial charge in [-0.2, -0.15) is 0 Å². The molecule has 0 saturated carbocycles. The summed E-state index contributed by atoms with van der Waals surface area (Å²) in [6.45, 7) is 2.39. The number of rotatable bonds is 3. The number of hydrogen-bond acceptors (Lipinski definition) is 4. The Morgan fingerprint density at radius 3 is 2.74 bits per heavy atom. The van der Waals surface area contributed by atoms with Crippen molar-refractivity contribution in [2.24, 2.45) is 0 Å². The summed E-state index contributed by atoms with van der Waals surface area (Å²) in [5, 5.41) is 8.60. The van der Waals surface area contributed by atoms with Crippen LogP contribution in [0.5, 0.6) is 5.75 Å². The zero-order valence-corrected chi connectivity index (χ0v) is 10.8. The first kappa shape index (κ1) is 13.4. The lowest BCUT2D eigenvalue weighted by atomic mass is 10.00. The van der Waals surface area contributed by atoms with Gasteiger partial charge in [0.05, 0.1) is 7.11 Å². The minimum Gasteiger partial charge on any atom is -0.496 e. The third kappa shape index (κ3) is 2.39. The SMILES string of the molecule is COc1cc(C(=O)N2CCC2C(=O)NO)ccc1C. The molecule has 6 heteroatoms. The summed E-state index contributed by atoms with van der Waals surface area (Å²) >= 11 is 0. The molecule has 1 atom stereocenters. The lowest BCUT2D eigenvalue weighted by Crippen LogP contribution is -2.57. The van der Waals surface area contributed by atoms with Gasteiger partial charge < -0.3 is 9.64 Å². The summed E-state index contributed by atoms with van der Waals surface area (Å²) < 4.78 is 5.17. The molecule has 1 aromatic rings. The zero-order chi connectivity index (χ0) is 14.0. The Bertz CT molecular complexity index is 515. The Hall–Kier alpha value is -2.08. The zero-order valence-electron chi connectivity index (χ0n) is 10.8. The summed E-state index contributed by atoms with van der Waals surface area (Å²) in [6.07, 6.45) is 0.557. The van der Waals surface area contributed by atoms with E-state index in [9.17, 15) is 9.59 Å². The van der Waals surface area contributed by atoms with Crippen LogP contribution in [0.3, 0.4) is 0 Å². The van der Waals surface area contributed by atoms with Crippen molar-refractivity contribution in [3.8, 4) is 5.75 Å². The molecule has 1 fully saturated rings. The first-order valence-electron chi connectivity index (χ1n) is 5.98. The summed E-state index contributed by atoms with van der Waals surface area (Å²) in [4.78, 5) is 25.0. The van der Waals surface area contributed by atoms with E-state index in [-0.39, 0.29) is 5.91 Å². The van der Waals surface area contributed by atoms with Crippen LogP contribution in [-0.2, 0) is 4.79 Å². The molecule has 1 aliphatic heterocycles. The smallest absolute Gasteiger partial charge is 0.266 e. The van der Waals surface area contributed by atoms with Crippen LogP contribution < -0.4 is 10.2 Å². The van der Waals surface area contributed by atoms with Crippen molar-refractivity contribution in [3.05, 3.63) is 29.3 Å². The minimum absolute atomic E-state index is 0.238. The third-order valence-corrected chi connectivity index (χ3v) is 3.35. The Kier molecular flexibility index (Phi) is 3.71. The highest BCUT2D eigenvalue weighted by molar-refractivity contribution is 5.98. The van der Waals surface area contributed by atoms with Crippen molar-refractivity contribution in [1.29, 1.82) is 0 Å². The molecule has 1 saturated heterocycles. The van der Waals surface area contributed by atoms with Crippen molar-refractivity contribution >= 4 is 11.8 Å². The number of hydrogen-bond donors (Lipinski definition) is 2. The number of amides is 2. The minimum atomic E-state index is -0.593. The van der Waals surface area contributed by atoms with Gasteiger partial charge in [0.1, 0.15) is 11.8 Å². The van der Waals surface area contributed by atoms with Gasteiger partial charge in [-0.3, -0.25) is 14.8 Å². The maximum atomic E-state index is 12.2. The predicted octanol–water partition coefficient (Wildman–Crippen LogP) is 0.724. The molecule has 0 aromatic heterocycles. The summed E-state index contributed by atoms with van der Waals surface area (Å²) in [5.74, 6) is -0.161. The van der Waals surface area contributed by atoms with Crippen LogP contribution in [0.2, 0.25) is 0 Å². The molecule has 19 heavy (non-hydrogen) atoms. The predicted molar refractivity (Wildman–Crippen MR) is 67.1 cm³/mol. The normalized spacial score (nSPS) is 17.6. The molecule has 0 bridgehead atoms. The molecule has 1 unspecified atom stereocenters. The van der Waals surface area contributed by atoms with Crippen molar-refractivity contribution in [2.75, 3.05) is 13.7 Å². The van der Waals surface area contributed by atoms with E-state index in [0.717, 1.165) is 5.56 Å². The largest absolute Gasteiger partial charge is 0.496 e. The molecule has 2 rings (SSSR count). The lowest BCUT2D eigenvalue weighted by Gasteiger charge is -2.39. The number of ether oxygens (including phenoxy) is 1. The van der Waals surface area contributed by atoms with Gasteiger partial charge in [-0.25, -0.2) is 5.48 Å². The monoisotopic (exact) mass is 264 g/mol. The standard InChI is InChI=1S/C13H16N2O4/c1-8-3-4-9(7-11(8)19-2)13(17)15-6-5-10(15)12(16)14-18/h3-4,7,10,18H,5-6H2,1-2H3,(H,14,16). The number of methoxy groups -OCH3 is 1. The Balaban J connectivity index is 2.18. The van der Waals surface area contributed by atoms with E-state index in [4.69, 9.17) is 9.94 Å². The average Bonchev–Trinajstić information content (AvgIpc) is 2.37. The summed E-state index contributed by atoms with van der Waals surface area (Å²) in [6, 6.07) is 4.56. The molecule has 2 N–H and O–H groups in total. The Morgan fingerprint density at radius 1 is 1.47 bits per heavy atom. The molecule has 0 aliphatic carbocycles. The van der Waals surface area contributed by atoms with Crippen LogP contribution in [0.1, 0.15) is 22.3 Å². The van der Waals surface area contributed by atoms with Crippen molar-refractivity contribution < 1.29 is 19.5 Å². The summed E-state index contributed by atoms with van der Waals surface area (Å²) in [7, 11) is 1.54. The molecule has 1 aliphatic rings. The third-order valence-electron chi connectivity index (χ3n) is 3.35. The molecule has 2 amide bonds. The van der Waals surface area contributed by atoms with Crippen LogP contribution in [0, 0.1) is 6.92 Å². The Morgan fingerprint density at radius 2 is 2.21 bits per heavy atom. The second kappa shape index (κ2) is 5.27. The molecule has 0 spiro atoms. The van der Waals surface area contributed by atoms with Gasteiger partial charge >= 0.3 is 0 Å². The van der Waals surface area contributed by atoms with Crippen molar-refractivity contribution in [1.82, 2.24) is 10.4 Å². The van der Waals surface area contributed by atoms with E-state index >= 15 is 0 Å². The fraction of sp³-hybridized carbons (Fsp3) is 0.385. The fourth-order valence-electron chi connectivity index (χ4n) is 2.10. The molecular formula is C13H16N2O4. The van der Waals surface area contributed by atoms with Crippen molar-refractivity contribution in [2.45, 2.75) is 19.4 Å². The number of nitrogens with one attached hydrogen (secondary N) is 1. The first-order valence-corrected chi connectivity index (χ1v) is 5.98. The lowest BCUT2D eigenvalue weighted by molar-refractivity contribution is -0.137. The topological polar surface area (TPSA) is 78.9 Å². The van der Waals surface area contributed by atoms with E-state index in [1.54, 1.807) is 30.8 Å². The van der Waals surface area contributed by atoms with Crippen LogP contribution in [0.25, 0.3) is 0 Å². The van der Waals surface area contributed by atoms with E-state index in [2.05, 4.69) is 0 Å². The van der Waals surface area contributed by atoms with Crippen molar-refractivity contribution in [3.63, 3.8) is 0 Å². The van der Waals surface area contributed by atoms with Gasteiger partial charge in [-0.15, -0.1) is 0 Å². The number of carbonyl (C=O) groups excluding carboxylic acids is 2. The van der Waals surface area contributed by atoms with E-state index in [0.29, 0.717) is 24.3 Å². The molecule has 6 nitrogen and oxygen atoms in total. The van der Waals surface area contributed by atoms with E-state index in [1.807, 2.05) is 6.92 Å². The molecule has 1 aromatic carbocycles. The number of nitrogens with zero attached hydrogens (tertiary/aromatic N) is 1. The second-order valence-electron chi connectivity index (χ2n) is 4.46. The van der Waals surface area contributed by atoms with E-state index < -0.39 is 11.9 Å². The fourth-order valence-corrected chi connectivity index (χ4v) is 2.10. The molecule has 1 heterocycles. The van der Waals surface area contributed by atoms with Gasteiger partial charge in [0.25, 0.3) is 11.8 Å². The van der Waals surface area contributed by atoms with Gasteiger partial charge in [0, 0.05) is 12.1 Å². The van der Waals surface area contributed by atoms with Crippen LogP contribution in [0.4, 0.5) is 0 Å². The highest BCUT2D eigenvalue weighted by Gasteiger charge is 2.37. The van der Waals surface area contributed by atoms with Crippen LogP contribution in [-0.4, -0.2) is 41.6 Å². The first-order chi connectivity index (χ1) is 9.08. The molecular weight excluding hydrogens is 248 g/mol. The maximum absolute atomic E-state index is 12.2. The summed E-state index contributed by atoms with van der Waals surface area (Å²) in [5.41, 5.74) is 2.98. The number of carbonyl (C=O) groups is 2. The average molecular weight is 264 g/mol. The molecule has 0 radical (unpaired) electrons. The van der Waals surface area contributed by atoms with Crippen LogP contribution >= 0.6 is 0 Å². The number of benzene rings is 1. The van der Waals surface area contributed by atoms with Gasteiger partial charge in [0.2, 0.25) is 0 Å².